The number of nitrogens with one attached hydrogen (secondary N) is 1. The Balaban J connectivity index is 3.23. The molecule has 0 aromatic heterocycles. The highest BCUT2D eigenvalue weighted by atomic mass is 19.4. The lowest BCUT2D eigenvalue weighted by atomic mass is 10.0. The highest BCUT2D eigenvalue weighted by Crippen LogP contribution is 2.33. The Labute approximate surface area is 114 Å². The van der Waals surface area contributed by atoms with Crippen molar-refractivity contribution < 1.29 is 31.3 Å². The van der Waals surface area contributed by atoms with Gasteiger partial charge < -0.3 is 5.32 Å². The van der Waals surface area contributed by atoms with Crippen molar-refractivity contribution in [2.75, 3.05) is 11.9 Å². The van der Waals surface area contributed by atoms with Crippen molar-refractivity contribution >= 4 is 11.4 Å². The van der Waals surface area contributed by atoms with Gasteiger partial charge in [-0.3, -0.25) is 10.1 Å². The number of alkyl halides is 6. The second-order valence-corrected chi connectivity index (χ2v) is 4.25. The second kappa shape index (κ2) is 5.78. The molecule has 0 unspecified atom stereocenters. The lowest BCUT2D eigenvalue weighted by molar-refractivity contribution is -0.385. The van der Waals surface area contributed by atoms with Crippen LogP contribution in [0.25, 0.3) is 0 Å². The maximum Gasteiger partial charge on any atom is 0.405 e. The molecule has 1 N–H and O–H groups in total. The van der Waals surface area contributed by atoms with Gasteiger partial charge >= 0.3 is 12.4 Å². The fraction of sp³-hybridized carbons (Fsp3) is 0.455. The maximum atomic E-state index is 12.5. The first-order valence-electron chi connectivity index (χ1n) is 5.55. The summed E-state index contributed by atoms with van der Waals surface area (Å²) in [5, 5.41) is 12.5. The third kappa shape index (κ3) is 5.12. The van der Waals surface area contributed by atoms with Crippen LogP contribution < -0.4 is 5.32 Å². The highest BCUT2D eigenvalue weighted by molar-refractivity contribution is 5.61. The lowest BCUT2D eigenvalue weighted by Gasteiger charge is -2.17. The van der Waals surface area contributed by atoms with E-state index in [4.69, 9.17) is 0 Å². The van der Waals surface area contributed by atoms with Crippen molar-refractivity contribution in [1.29, 1.82) is 0 Å². The first-order chi connectivity index (χ1) is 9.41. The van der Waals surface area contributed by atoms with Crippen LogP contribution in [-0.2, 0) is 6.42 Å². The number of hydrogen-bond donors (Lipinski definition) is 1. The number of nitro groups is 1. The number of benzene rings is 1. The van der Waals surface area contributed by atoms with Gasteiger partial charge in [-0.2, -0.15) is 26.3 Å². The smallest absolute Gasteiger partial charge is 0.376 e. The summed E-state index contributed by atoms with van der Waals surface area (Å²) < 4.78 is 73.8. The number of nitrogens with zero attached hydrogens (tertiary/aromatic N) is 1. The topological polar surface area (TPSA) is 55.2 Å². The van der Waals surface area contributed by atoms with Gasteiger partial charge in [0, 0.05) is 17.3 Å². The van der Waals surface area contributed by atoms with E-state index in [1.165, 1.54) is 0 Å². The van der Waals surface area contributed by atoms with Gasteiger partial charge in [-0.1, -0.05) is 0 Å². The second-order valence-electron chi connectivity index (χ2n) is 4.25. The van der Waals surface area contributed by atoms with Crippen molar-refractivity contribution in [2.45, 2.75) is 25.7 Å². The fourth-order valence-corrected chi connectivity index (χ4v) is 1.73. The van der Waals surface area contributed by atoms with E-state index in [2.05, 4.69) is 0 Å². The minimum absolute atomic E-state index is 0.315. The summed E-state index contributed by atoms with van der Waals surface area (Å²) in [5.41, 5.74) is -1.88. The van der Waals surface area contributed by atoms with Crippen molar-refractivity contribution in [2.24, 2.45) is 0 Å². The number of rotatable bonds is 4. The van der Waals surface area contributed by atoms with E-state index in [0.29, 0.717) is 0 Å². The van der Waals surface area contributed by atoms with Gasteiger partial charge in [-0.25, -0.2) is 0 Å². The number of halogens is 6. The molecular weight excluding hydrogens is 306 g/mol. The molecule has 0 aliphatic rings. The zero-order chi connectivity index (χ0) is 16.4. The Morgan fingerprint density at radius 3 is 2.14 bits per heavy atom. The summed E-state index contributed by atoms with van der Waals surface area (Å²) in [6.07, 6.45) is -10.9. The molecule has 0 radical (unpaired) electrons. The highest BCUT2D eigenvalue weighted by Gasteiger charge is 2.33. The predicted molar refractivity (Wildman–Crippen MR) is 62.1 cm³/mol. The van der Waals surface area contributed by atoms with Crippen LogP contribution in [0.1, 0.15) is 11.1 Å². The summed E-state index contributed by atoms with van der Waals surface area (Å²) in [5.74, 6) is 0. The standard InChI is InChI=1S/C11H10F6N2O2/c1-6-7(4-10(12,13)14)8(18-5-11(15,16)17)2-3-9(6)19(20)21/h2-3,18H,4-5H2,1H3. The molecule has 0 saturated carbocycles. The molecule has 1 rings (SSSR count). The van der Waals surface area contributed by atoms with Crippen molar-refractivity contribution in [3.8, 4) is 0 Å². The SMILES string of the molecule is Cc1c([N+](=O)[O-])ccc(NCC(F)(F)F)c1CC(F)(F)F. The maximum absolute atomic E-state index is 12.5. The van der Waals surface area contributed by atoms with E-state index < -0.39 is 47.2 Å². The van der Waals surface area contributed by atoms with Crippen molar-refractivity contribution in [3.05, 3.63) is 33.4 Å². The Hall–Kier alpha value is -2.00. The summed E-state index contributed by atoms with van der Waals surface area (Å²) in [6.45, 7) is -0.465. The molecular formula is C11H10F6N2O2. The molecule has 0 spiro atoms. The molecule has 0 heterocycles. The molecule has 10 heteroatoms. The third-order valence-corrected chi connectivity index (χ3v) is 2.62. The molecule has 118 valence electrons. The minimum atomic E-state index is -4.70. The molecule has 0 atom stereocenters. The summed E-state index contributed by atoms with van der Waals surface area (Å²) >= 11 is 0. The Kier molecular flexibility index (Phi) is 4.69. The fourth-order valence-electron chi connectivity index (χ4n) is 1.73. The van der Waals surface area contributed by atoms with E-state index in [1.807, 2.05) is 5.32 Å². The molecule has 0 fully saturated rings. The quantitative estimate of drug-likeness (QED) is 0.519. The minimum Gasteiger partial charge on any atom is -0.376 e. The van der Waals surface area contributed by atoms with Crippen LogP contribution in [0.5, 0.6) is 0 Å². The van der Waals surface area contributed by atoms with Gasteiger partial charge in [0.1, 0.15) is 6.54 Å². The van der Waals surface area contributed by atoms with Gasteiger partial charge in [-0.05, 0) is 18.6 Å². The van der Waals surface area contributed by atoms with Crippen molar-refractivity contribution in [3.63, 3.8) is 0 Å². The van der Waals surface area contributed by atoms with E-state index in [9.17, 15) is 36.5 Å². The molecule has 1 aromatic carbocycles. The van der Waals surface area contributed by atoms with Crippen LogP contribution in [0, 0.1) is 17.0 Å². The Bertz CT molecular complexity index is 539. The van der Waals surface area contributed by atoms with Crippen molar-refractivity contribution in [1.82, 2.24) is 0 Å². The van der Waals surface area contributed by atoms with E-state index in [0.717, 1.165) is 19.1 Å². The zero-order valence-electron chi connectivity index (χ0n) is 10.6. The van der Waals surface area contributed by atoms with Crippen LogP contribution in [0.2, 0.25) is 0 Å². The molecule has 21 heavy (non-hydrogen) atoms. The largest absolute Gasteiger partial charge is 0.405 e. The lowest BCUT2D eigenvalue weighted by Crippen LogP contribution is -2.23. The molecule has 4 nitrogen and oxygen atoms in total. The number of nitro benzene ring substituents is 1. The molecule has 0 amide bonds. The summed E-state index contributed by atoms with van der Waals surface area (Å²) in [4.78, 5) is 9.81. The van der Waals surface area contributed by atoms with E-state index in [-0.39, 0.29) is 5.56 Å². The molecule has 0 aliphatic heterocycles. The third-order valence-electron chi connectivity index (χ3n) is 2.62. The first-order valence-corrected chi connectivity index (χ1v) is 5.55. The van der Waals surface area contributed by atoms with Gasteiger partial charge in [0.25, 0.3) is 5.69 Å². The van der Waals surface area contributed by atoms with Gasteiger partial charge in [-0.15, -0.1) is 0 Å². The summed E-state index contributed by atoms with van der Waals surface area (Å²) in [7, 11) is 0. The van der Waals surface area contributed by atoms with Gasteiger partial charge in [0.2, 0.25) is 0 Å². The predicted octanol–water partition coefficient (Wildman–Crippen LogP) is 3.98. The van der Waals surface area contributed by atoms with Crippen LogP contribution in [0.3, 0.4) is 0 Å². The van der Waals surface area contributed by atoms with Crippen LogP contribution in [0.15, 0.2) is 12.1 Å². The molecule has 0 aliphatic carbocycles. The average molecular weight is 316 g/mol. The van der Waals surface area contributed by atoms with E-state index in [1.54, 1.807) is 0 Å². The molecule has 1 aromatic rings. The summed E-state index contributed by atoms with van der Waals surface area (Å²) in [6, 6.07) is 1.71. The normalized spacial score (nSPS) is 12.3. The zero-order valence-corrected chi connectivity index (χ0v) is 10.6. The van der Waals surface area contributed by atoms with Gasteiger partial charge in [0.15, 0.2) is 0 Å². The number of hydrogen-bond acceptors (Lipinski definition) is 3. The van der Waals surface area contributed by atoms with Gasteiger partial charge in [0.05, 0.1) is 11.3 Å². The monoisotopic (exact) mass is 316 g/mol. The van der Waals surface area contributed by atoms with Crippen LogP contribution >= 0.6 is 0 Å². The number of anilines is 1. The first kappa shape index (κ1) is 17.1. The Morgan fingerprint density at radius 2 is 1.71 bits per heavy atom. The molecule has 0 bridgehead atoms. The average Bonchev–Trinajstić information content (AvgIpc) is 2.26. The van der Waals surface area contributed by atoms with Crippen LogP contribution in [-0.4, -0.2) is 23.8 Å². The van der Waals surface area contributed by atoms with Crippen LogP contribution in [0.4, 0.5) is 37.7 Å². The Morgan fingerprint density at radius 1 is 1.14 bits per heavy atom. The van der Waals surface area contributed by atoms with E-state index >= 15 is 0 Å². The molecule has 0 saturated heterocycles.